The molecule has 0 fully saturated rings. The lowest BCUT2D eigenvalue weighted by molar-refractivity contribution is -0.132. The molecule has 0 aliphatic heterocycles. The third kappa shape index (κ3) is 48.3. The Labute approximate surface area is 413 Å². The molecule has 0 rings (SSSR count). The smallest absolute Gasteiger partial charge is 0.222 e. The molecule has 3 unspecified atom stereocenters. The van der Waals surface area contributed by atoms with Gasteiger partial charge in [0, 0.05) is 45.4 Å². The largest absolute Gasteiger partial charge is 0.393 e. The van der Waals surface area contributed by atoms with Crippen LogP contribution in [0.3, 0.4) is 0 Å². The first-order valence-corrected chi connectivity index (χ1v) is 28.5. The van der Waals surface area contributed by atoms with Crippen LogP contribution in [0.4, 0.5) is 0 Å². The van der Waals surface area contributed by atoms with Gasteiger partial charge in [-0.1, -0.05) is 192 Å². The lowest BCUT2D eigenvalue weighted by Crippen LogP contribution is -2.42. The maximum Gasteiger partial charge on any atom is 0.222 e. The van der Waals surface area contributed by atoms with Gasteiger partial charge in [-0.25, -0.2) is 0 Å². The summed E-state index contributed by atoms with van der Waals surface area (Å²) in [5, 5.41) is 36.5. The average molecular weight is 945 g/mol. The predicted molar refractivity (Wildman–Crippen MR) is 285 cm³/mol. The number of aliphatic hydroxyl groups excluding tert-OH is 3. The number of nitrogens with zero attached hydrogens (tertiary/aromatic N) is 1. The van der Waals surface area contributed by atoms with Gasteiger partial charge in [0.1, 0.15) is 0 Å². The highest BCUT2D eigenvalue weighted by atomic mass is 16.3. The Balaban J connectivity index is 4.49. The van der Waals surface area contributed by atoms with Crippen LogP contribution in [0.25, 0.3) is 0 Å². The SMILES string of the molecule is CCCCCCC(O)CC=CCCCCCCCC(=O)NCCN(CCNC(=O)CCCCCCCC=CCC(O)CCCCCC)C(=O)CCCCCCCC=CCC(O)CCCCCC. The minimum Gasteiger partial charge on any atom is -0.393 e. The quantitative estimate of drug-likeness (QED) is 0.0304. The Kier molecular flexibility index (Phi) is 49.5. The zero-order valence-corrected chi connectivity index (χ0v) is 44.1. The van der Waals surface area contributed by atoms with Crippen molar-refractivity contribution >= 4 is 17.7 Å². The zero-order chi connectivity index (χ0) is 49.1. The van der Waals surface area contributed by atoms with Gasteiger partial charge in [0.05, 0.1) is 18.3 Å². The van der Waals surface area contributed by atoms with E-state index in [4.69, 9.17) is 0 Å². The molecule has 0 aliphatic rings. The molecule has 9 heteroatoms. The van der Waals surface area contributed by atoms with Crippen LogP contribution in [-0.4, -0.2) is 82.4 Å². The summed E-state index contributed by atoms with van der Waals surface area (Å²) in [4.78, 5) is 40.5. The molecule has 3 amide bonds. The zero-order valence-electron chi connectivity index (χ0n) is 44.1. The molecule has 67 heavy (non-hydrogen) atoms. The third-order valence-corrected chi connectivity index (χ3v) is 13.0. The van der Waals surface area contributed by atoms with Crippen molar-refractivity contribution in [1.82, 2.24) is 15.5 Å². The monoisotopic (exact) mass is 944 g/mol. The molecule has 0 aromatic carbocycles. The number of amides is 3. The summed E-state index contributed by atoms with van der Waals surface area (Å²) in [5.74, 6) is 0.150. The third-order valence-electron chi connectivity index (χ3n) is 13.0. The number of rotatable bonds is 51. The maximum absolute atomic E-state index is 13.4. The van der Waals surface area contributed by atoms with Gasteiger partial charge < -0.3 is 30.9 Å². The first-order chi connectivity index (χ1) is 32.7. The maximum atomic E-state index is 13.4. The van der Waals surface area contributed by atoms with Crippen molar-refractivity contribution in [2.45, 2.75) is 289 Å². The molecule has 0 aromatic heterocycles. The fourth-order valence-electron chi connectivity index (χ4n) is 8.47. The molecule has 0 bridgehead atoms. The van der Waals surface area contributed by atoms with Gasteiger partial charge in [0.2, 0.25) is 17.7 Å². The lowest BCUT2D eigenvalue weighted by atomic mass is 10.1. The van der Waals surface area contributed by atoms with E-state index >= 15 is 0 Å². The number of aliphatic hydroxyl groups is 3. The Hall–Kier alpha value is -2.49. The van der Waals surface area contributed by atoms with E-state index < -0.39 is 0 Å². The van der Waals surface area contributed by atoms with E-state index in [0.29, 0.717) is 45.4 Å². The fraction of sp³-hybridized carbons (Fsp3) is 0.845. The van der Waals surface area contributed by atoms with Crippen molar-refractivity contribution < 1.29 is 29.7 Å². The van der Waals surface area contributed by atoms with Crippen LogP contribution in [0.1, 0.15) is 271 Å². The molecule has 0 saturated carbocycles. The minimum absolute atomic E-state index is 0.0325. The molecule has 0 spiro atoms. The summed E-state index contributed by atoms with van der Waals surface area (Å²) in [6.45, 7) is 8.34. The molecule has 0 radical (unpaired) electrons. The van der Waals surface area contributed by atoms with E-state index in [0.717, 1.165) is 173 Å². The van der Waals surface area contributed by atoms with E-state index in [-0.39, 0.29) is 36.0 Å². The Morgan fingerprint density at radius 2 is 0.687 bits per heavy atom. The Bertz CT molecular complexity index is 1130. The highest BCUT2D eigenvalue weighted by Crippen LogP contribution is 2.14. The number of unbranched alkanes of at least 4 members (excludes halogenated alkanes) is 24. The van der Waals surface area contributed by atoms with Gasteiger partial charge in [-0.3, -0.25) is 14.4 Å². The Morgan fingerprint density at radius 3 is 1.03 bits per heavy atom. The van der Waals surface area contributed by atoms with Gasteiger partial charge in [0.15, 0.2) is 0 Å². The van der Waals surface area contributed by atoms with E-state index in [1.165, 1.54) is 57.8 Å². The second-order valence-corrected chi connectivity index (χ2v) is 19.6. The summed E-state index contributed by atoms with van der Waals surface area (Å²) in [7, 11) is 0. The van der Waals surface area contributed by atoms with Crippen molar-refractivity contribution in [3.05, 3.63) is 36.5 Å². The molecule has 0 saturated heterocycles. The number of allylic oxidation sites excluding steroid dienone is 3. The minimum atomic E-state index is -0.222. The number of carbonyl (C=O) groups is 3. The van der Waals surface area contributed by atoms with E-state index in [2.05, 4.69) is 67.9 Å². The van der Waals surface area contributed by atoms with Gasteiger partial charge in [0.25, 0.3) is 0 Å². The first-order valence-electron chi connectivity index (χ1n) is 28.5. The molecule has 3 atom stereocenters. The topological polar surface area (TPSA) is 139 Å². The van der Waals surface area contributed by atoms with Crippen molar-refractivity contribution in [1.29, 1.82) is 0 Å². The van der Waals surface area contributed by atoms with Crippen LogP contribution in [-0.2, 0) is 14.4 Å². The summed E-state index contributed by atoms with van der Waals surface area (Å²) in [6, 6.07) is 0. The summed E-state index contributed by atoms with van der Waals surface area (Å²) >= 11 is 0. The van der Waals surface area contributed by atoms with Crippen molar-refractivity contribution in [2.75, 3.05) is 26.2 Å². The van der Waals surface area contributed by atoms with Gasteiger partial charge in [-0.15, -0.1) is 0 Å². The number of carbonyl (C=O) groups excluding carboxylic acids is 3. The van der Waals surface area contributed by atoms with Crippen LogP contribution in [0, 0.1) is 0 Å². The highest BCUT2D eigenvalue weighted by molar-refractivity contribution is 5.78. The van der Waals surface area contributed by atoms with Crippen LogP contribution in [0.5, 0.6) is 0 Å². The molecule has 392 valence electrons. The number of nitrogens with one attached hydrogen (secondary N) is 2. The van der Waals surface area contributed by atoms with E-state index in [1.807, 2.05) is 4.90 Å². The van der Waals surface area contributed by atoms with Crippen molar-refractivity contribution in [3.63, 3.8) is 0 Å². The van der Waals surface area contributed by atoms with Crippen molar-refractivity contribution in [2.24, 2.45) is 0 Å². The van der Waals surface area contributed by atoms with Crippen LogP contribution < -0.4 is 10.6 Å². The van der Waals surface area contributed by atoms with E-state index in [9.17, 15) is 29.7 Å². The normalized spacial score (nSPS) is 13.2. The molecular weight excluding hydrogens is 835 g/mol. The molecule has 5 N–H and O–H groups in total. The van der Waals surface area contributed by atoms with Crippen LogP contribution in [0.15, 0.2) is 36.5 Å². The Morgan fingerprint density at radius 1 is 0.388 bits per heavy atom. The van der Waals surface area contributed by atoms with Crippen LogP contribution >= 0.6 is 0 Å². The molecule has 0 aliphatic carbocycles. The highest BCUT2D eigenvalue weighted by Gasteiger charge is 2.14. The second-order valence-electron chi connectivity index (χ2n) is 19.6. The first kappa shape index (κ1) is 64.5. The average Bonchev–Trinajstić information content (AvgIpc) is 3.31. The van der Waals surface area contributed by atoms with Gasteiger partial charge in [-0.05, 0) is 96.3 Å². The van der Waals surface area contributed by atoms with Crippen molar-refractivity contribution in [3.8, 4) is 0 Å². The van der Waals surface area contributed by atoms with Crippen LogP contribution in [0.2, 0.25) is 0 Å². The summed E-state index contributed by atoms with van der Waals surface area (Å²) < 4.78 is 0. The number of hydrogen-bond acceptors (Lipinski definition) is 6. The summed E-state index contributed by atoms with van der Waals surface area (Å²) in [5.41, 5.74) is 0. The lowest BCUT2D eigenvalue weighted by Gasteiger charge is -2.23. The van der Waals surface area contributed by atoms with Gasteiger partial charge in [-0.2, -0.15) is 0 Å². The number of hydrogen-bond donors (Lipinski definition) is 5. The molecule has 0 aromatic rings. The summed E-state index contributed by atoms with van der Waals surface area (Å²) in [6.07, 6.45) is 52.0. The fourth-order valence-corrected chi connectivity index (χ4v) is 8.47. The standard InChI is InChI=1S/C58H109N3O6/c1-4-7-10-31-40-53(62)43-34-25-19-13-16-22-28-37-46-56(65)59-49-51-61(58(67)48-39-30-24-18-15-21-27-36-45-55(64)42-33-12-9-6-3)52-50-60-57(66)47-38-29-23-17-14-20-26-35-44-54(63)41-32-11-8-5-2/h25-27,34-36,53-55,62-64H,4-24,28-33,37-52H2,1-3H3,(H,59,65)(H,60,66). The van der Waals surface area contributed by atoms with E-state index in [1.54, 1.807) is 0 Å². The second kappa shape index (κ2) is 51.4. The van der Waals surface area contributed by atoms with Gasteiger partial charge >= 0.3 is 0 Å². The molecule has 0 heterocycles. The molecule has 9 nitrogen and oxygen atoms in total. The molecular formula is C58H109N3O6. The predicted octanol–water partition coefficient (Wildman–Crippen LogP) is 14.1.